The zero-order valence-corrected chi connectivity index (χ0v) is 14.0. The molecule has 124 valence electrons. The van der Waals surface area contributed by atoms with Crippen molar-refractivity contribution in [1.82, 2.24) is 10.7 Å². The highest BCUT2D eigenvalue weighted by molar-refractivity contribution is 7.80. The van der Waals surface area contributed by atoms with Gasteiger partial charge in [0.15, 0.2) is 5.11 Å². The Morgan fingerprint density at radius 3 is 2.46 bits per heavy atom. The topological polar surface area (TPSA) is 70.4 Å². The molecule has 1 heterocycles. The number of nitro benzene ring substituents is 1. The number of thiocarbonyl (C=S) groups is 1. The number of nitrogens with one attached hydrogen (secondary N) is 2. The molecule has 0 bridgehead atoms. The lowest BCUT2D eigenvalue weighted by Crippen LogP contribution is -2.48. The molecule has 2 aromatic rings. The van der Waals surface area contributed by atoms with Gasteiger partial charge in [-0.2, -0.15) is 0 Å². The molecule has 6 nitrogen and oxygen atoms in total. The van der Waals surface area contributed by atoms with Crippen LogP contribution in [0.3, 0.4) is 0 Å². The Kier molecular flexibility index (Phi) is 4.46. The van der Waals surface area contributed by atoms with E-state index in [9.17, 15) is 10.1 Å². The molecule has 7 heteroatoms. The van der Waals surface area contributed by atoms with E-state index in [-0.39, 0.29) is 11.4 Å². The van der Waals surface area contributed by atoms with Gasteiger partial charge < -0.3 is 5.32 Å². The molecule has 0 aromatic heterocycles. The number of benzene rings is 2. The van der Waals surface area contributed by atoms with Gasteiger partial charge in [-0.1, -0.05) is 30.3 Å². The summed E-state index contributed by atoms with van der Waals surface area (Å²) in [5, 5.41) is 16.4. The summed E-state index contributed by atoms with van der Waals surface area (Å²) < 4.78 is 0. The van der Waals surface area contributed by atoms with Crippen molar-refractivity contribution in [3.05, 3.63) is 70.3 Å². The molecule has 0 aliphatic carbocycles. The number of hydrazine groups is 1. The average Bonchev–Trinajstić information content (AvgIpc) is 2.89. The van der Waals surface area contributed by atoms with Gasteiger partial charge in [-0.05, 0) is 49.7 Å². The SMILES string of the molecule is C[C@]1(CCc2ccccc2)NC(=S)N(c2ccc([N+](=O)[O-])cc2)N1. The zero-order chi connectivity index (χ0) is 17.2. The third kappa shape index (κ3) is 3.52. The van der Waals surface area contributed by atoms with E-state index in [1.807, 2.05) is 25.1 Å². The number of aryl methyl sites for hydroxylation is 1. The quantitative estimate of drug-likeness (QED) is 0.494. The van der Waals surface area contributed by atoms with Crippen molar-refractivity contribution < 1.29 is 4.92 Å². The summed E-state index contributed by atoms with van der Waals surface area (Å²) >= 11 is 5.41. The molecule has 2 aromatic carbocycles. The minimum atomic E-state index is -0.415. The van der Waals surface area contributed by atoms with E-state index in [0.29, 0.717) is 5.11 Å². The molecule has 0 amide bonds. The first-order valence-corrected chi connectivity index (χ1v) is 8.06. The number of rotatable bonds is 5. The molecule has 3 rings (SSSR count). The summed E-state index contributed by atoms with van der Waals surface area (Å²) in [4.78, 5) is 10.3. The Morgan fingerprint density at radius 1 is 1.17 bits per heavy atom. The molecule has 1 aliphatic rings. The summed E-state index contributed by atoms with van der Waals surface area (Å²) in [6.45, 7) is 2.05. The van der Waals surface area contributed by atoms with Crippen molar-refractivity contribution in [3.63, 3.8) is 0 Å². The van der Waals surface area contributed by atoms with Crippen LogP contribution in [0.5, 0.6) is 0 Å². The van der Waals surface area contributed by atoms with E-state index in [1.54, 1.807) is 17.1 Å². The molecule has 2 N–H and O–H groups in total. The van der Waals surface area contributed by atoms with Crippen LogP contribution in [0, 0.1) is 10.1 Å². The highest BCUT2D eigenvalue weighted by Crippen LogP contribution is 2.24. The lowest BCUT2D eigenvalue weighted by atomic mass is 10.0. The fourth-order valence-corrected chi connectivity index (χ4v) is 3.06. The highest BCUT2D eigenvalue weighted by atomic mass is 32.1. The predicted molar refractivity (Wildman–Crippen MR) is 97.6 cm³/mol. The van der Waals surface area contributed by atoms with Crippen LogP contribution in [0.1, 0.15) is 18.9 Å². The van der Waals surface area contributed by atoms with Gasteiger partial charge in [0.25, 0.3) is 5.69 Å². The van der Waals surface area contributed by atoms with E-state index >= 15 is 0 Å². The molecular formula is C17H18N4O2S. The molecule has 1 atom stereocenters. The van der Waals surface area contributed by atoms with E-state index in [0.717, 1.165) is 18.5 Å². The molecule has 24 heavy (non-hydrogen) atoms. The van der Waals surface area contributed by atoms with Crippen LogP contribution >= 0.6 is 12.2 Å². The maximum atomic E-state index is 10.8. The fourth-order valence-electron chi connectivity index (χ4n) is 2.68. The summed E-state index contributed by atoms with van der Waals surface area (Å²) in [7, 11) is 0. The Bertz CT molecular complexity index is 751. The summed E-state index contributed by atoms with van der Waals surface area (Å²) in [6, 6.07) is 16.6. The van der Waals surface area contributed by atoms with Crippen LogP contribution in [0.15, 0.2) is 54.6 Å². The van der Waals surface area contributed by atoms with Gasteiger partial charge in [-0.25, -0.2) is 5.43 Å². The van der Waals surface area contributed by atoms with Gasteiger partial charge in [-0.15, -0.1) is 0 Å². The first-order valence-electron chi connectivity index (χ1n) is 7.65. The van der Waals surface area contributed by atoms with Gasteiger partial charge in [0.2, 0.25) is 0 Å². The van der Waals surface area contributed by atoms with Crippen LogP contribution in [0.4, 0.5) is 11.4 Å². The monoisotopic (exact) mass is 342 g/mol. The molecule has 1 saturated heterocycles. The van der Waals surface area contributed by atoms with E-state index < -0.39 is 4.92 Å². The van der Waals surface area contributed by atoms with Gasteiger partial charge in [0.05, 0.1) is 10.6 Å². The highest BCUT2D eigenvalue weighted by Gasteiger charge is 2.36. The molecule has 1 fully saturated rings. The number of non-ortho nitro benzene ring substituents is 1. The summed E-state index contributed by atoms with van der Waals surface area (Å²) in [6.07, 6.45) is 1.76. The fraction of sp³-hybridized carbons (Fsp3) is 0.235. The molecule has 0 radical (unpaired) electrons. The van der Waals surface area contributed by atoms with Gasteiger partial charge in [-0.3, -0.25) is 15.1 Å². The van der Waals surface area contributed by atoms with Crippen molar-refractivity contribution in [2.45, 2.75) is 25.4 Å². The molecule has 0 saturated carbocycles. The molecular weight excluding hydrogens is 324 g/mol. The van der Waals surface area contributed by atoms with Crippen LogP contribution in [0.2, 0.25) is 0 Å². The first kappa shape index (κ1) is 16.4. The second-order valence-electron chi connectivity index (χ2n) is 5.97. The number of anilines is 1. The third-order valence-electron chi connectivity index (χ3n) is 4.02. The van der Waals surface area contributed by atoms with E-state index in [2.05, 4.69) is 22.9 Å². The second kappa shape index (κ2) is 6.54. The number of nitro groups is 1. The van der Waals surface area contributed by atoms with Crippen molar-refractivity contribution in [3.8, 4) is 0 Å². The zero-order valence-electron chi connectivity index (χ0n) is 13.2. The normalized spacial score (nSPS) is 20.0. The standard InChI is InChI=1S/C17H18N4O2S/c1-17(12-11-13-5-3-2-4-6-13)18-16(24)20(19-17)14-7-9-15(10-8-14)21(22)23/h2-10,19H,11-12H2,1H3,(H,18,24)/t17-/m0/s1. The predicted octanol–water partition coefficient (Wildman–Crippen LogP) is 3.14. The minimum Gasteiger partial charge on any atom is -0.342 e. The lowest BCUT2D eigenvalue weighted by Gasteiger charge is -2.25. The van der Waals surface area contributed by atoms with Gasteiger partial charge >= 0.3 is 0 Å². The van der Waals surface area contributed by atoms with Crippen LogP contribution in [0.25, 0.3) is 0 Å². The van der Waals surface area contributed by atoms with E-state index in [4.69, 9.17) is 12.2 Å². The Balaban J connectivity index is 1.69. The maximum absolute atomic E-state index is 10.8. The van der Waals surface area contributed by atoms with E-state index in [1.165, 1.54) is 17.7 Å². The minimum absolute atomic E-state index is 0.0589. The molecule has 0 unspecified atom stereocenters. The van der Waals surface area contributed by atoms with Crippen LogP contribution < -0.4 is 15.8 Å². The Hall–Kier alpha value is -2.51. The van der Waals surface area contributed by atoms with Crippen molar-refractivity contribution >= 4 is 28.7 Å². The smallest absolute Gasteiger partial charge is 0.269 e. The average molecular weight is 342 g/mol. The van der Waals surface area contributed by atoms with Crippen LogP contribution in [-0.2, 0) is 6.42 Å². The second-order valence-corrected chi connectivity index (χ2v) is 6.36. The van der Waals surface area contributed by atoms with Gasteiger partial charge in [0.1, 0.15) is 5.66 Å². The number of hydrogen-bond acceptors (Lipinski definition) is 4. The first-order chi connectivity index (χ1) is 11.5. The van der Waals surface area contributed by atoms with Gasteiger partial charge in [0, 0.05) is 12.1 Å². The summed E-state index contributed by atoms with van der Waals surface area (Å²) in [5.41, 5.74) is 5.09. The van der Waals surface area contributed by atoms with Crippen molar-refractivity contribution in [1.29, 1.82) is 0 Å². The Morgan fingerprint density at radius 2 is 1.83 bits per heavy atom. The molecule has 1 aliphatic heterocycles. The maximum Gasteiger partial charge on any atom is 0.269 e. The van der Waals surface area contributed by atoms with Crippen molar-refractivity contribution in [2.24, 2.45) is 0 Å². The lowest BCUT2D eigenvalue weighted by molar-refractivity contribution is -0.384. The number of hydrogen-bond donors (Lipinski definition) is 2. The Labute approximate surface area is 145 Å². The van der Waals surface area contributed by atoms with Crippen LogP contribution in [-0.4, -0.2) is 15.7 Å². The molecule has 0 spiro atoms. The summed E-state index contributed by atoms with van der Waals surface area (Å²) in [5.74, 6) is 0. The third-order valence-corrected chi connectivity index (χ3v) is 4.30. The number of nitrogens with zero attached hydrogens (tertiary/aromatic N) is 2. The van der Waals surface area contributed by atoms with Crippen molar-refractivity contribution in [2.75, 3.05) is 5.01 Å². The largest absolute Gasteiger partial charge is 0.342 e.